The maximum atomic E-state index is 12.9. The van der Waals surface area contributed by atoms with Crippen molar-refractivity contribution in [3.63, 3.8) is 0 Å². The number of nitrogens with one attached hydrogen (secondary N) is 1. The van der Waals surface area contributed by atoms with Gasteiger partial charge >= 0.3 is 0 Å². The van der Waals surface area contributed by atoms with Crippen LogP contribution in [-0.2, 0) is 16.6 Å². The van der Waals surface area contributed by atoms with Crippen LogP contribution in [0.2, 0.25) is 0 Å². The van der Waals surface area contributed by atoms with E-state index in [9.17, 15) is 20.1 Å². The summed E-state index contributed by atoms with van der Waals surface area (Å²) in [6.07, 6.45) is 2.00. The van der Waals surface area contributed by atoms with Crippen molar-refractivity contribution in [1.29, 1.82) is 0 Å². The van der Waals surface area contributed by atoms with E-state index in [1.165, 1.54) is 6.33 Å². The van der Waals surface area contributed by atoms with E-state index in [0.29, 0.717) is 48.0 Å². The first kappa shape index (κ1) is 22.7. The largest absolute Gasteiger partial charge is 0.390 e. The molecule has 2 fully saturated rings. The third kappa shape index (κ3) is 3.92. The smallest absolute Gasteiger partial charge is 0.252 e. The maximum absolute atomic E-state index is 12.9. The van der Waals surface area contributed by atoms with E-state index in [4.69, 9.17) is 10.5 Å². The van der Waals surface area contributed by atoms with Gasteiger partial charge in [0.1, 0.15) is 30.0 Å². The van der Waals surface area contributed by atoms with E-state index in [1.807, 2.05) is 6.07 Å². The molecule has 34 heavy (non-hydrogen) atoms. The van der Waals surface area contributed by atoms with Crippen molar-refractivity contribution in [2.24, 2.45) is 7.05 Å². The molecule has 0 bridgehead atoms. The summed E-state index contributed by atoms with van der Waals surface area (Å²) in [6.45, 7) is 1.78. The number of hydrogen-bond donors (Lipinski definition) is 5. The number of ether oxygens (including phenoxy) is 1. The highest BCUT2D eigenvalue weighted by Crippen LogP contribution is 2.38. The Balaban J connectivity index is 1.42. The van der Waals surface area contributed by atoms with E-state index in [0.717, 1.165) is 0 Å². The van der Waals surface area contributed by atoms with Crippen LogP contribution < -0.4 is 11.1 Å². The van der Waals surface area contributed by atoms with Crippen LogP contribution in [0.4, 0.5) is 5.82 Å². The molecule has 0 spiro atoms. The standard InChI is InChI=1S/C22H29N7O5/c1-22(33)6-3-11(4-7-22)26-20(32)17-15(30)16(31)21(34-17)29-9-12(13-5-8-28(2)27-13)14-18(23)24-10-25-19(14)29/h5,8-11,15-17,21,30-31,33H,3-4,6-7H2,1-2H3,(H,26,32)(H2,23,24,25)/t11-,15-,16+,17-,21+,22-/m0/s1. The second-order valence-electron chi connectivity index (χ2n) is 9.49. The number of aromatic nitrogens is 5. The summed E-state index contributed by atoms with van der Waals surface area (Å²) in [7, 11) is 1.79. The number of rotatable bonds is 4. The van der Waals surface area contributed by atoms with Crippen LogP contribution in [-0.4, -0.2) is 75.5 Å². The number of aryl methyl sites for hydroxylation is 1. The molecular formula is C22H29N7O5. The molecule has 0 unspecified atom stereocenters. The number of carbonyl (C=O) groups is 1. The monoisotopic (exact) mass is 471 g/mol. The summed E-state index contributed by atoms with van der Waals surface area (Å²) < 4.78 is 9.09. The third-order valence-electron chi connectivity index (χ3n) is 6.81. The zero-order valence-corrected chi connectivity index (χ0v) is 19.0. The van der Waals surface area contributed by atoms with Crippen LogP contribution in [0.5, 0.6) is 0 Å². The molecule has 4 atom stereocenters. The Morgan fingerprint density at radius 1 is 1.26 bits per heavy atom. The summed E-state index contributed by atoms with van der Waals surface area (Å²) in [4.78, 5) is 21.3. The third-order valence-corrected chi connectivity index (χ3v) is 6.81. The molecule has 0 aromatic carbocycles. The SMILES string of the molecule is Cn1ccc(-c2cn([C@@H]3O[C@H](C(=O)N[C@H]4CC[C@](C)(O)CC4)[C@@H](O)[C@H]3O)c3ncnc(N)c23)n1. The van der Waals surface area contributed by atoms with Gasteiger partial charge in [-0.15, -0.1) is 0 Å². The van der Waals surface area contributed by atoms with Crippen molar-refractivity contribution in [3.05, 3.63) is 24.8 Å². The van der Waals surface area contributed by atoms with Crippen LogP contribution in [0.15, 0.2) is 24.8 Å². The zero-order valence-electron chi connectivity index (χ0n) is 19.0. The maximum Gasteiger partial charge on any atom is 0.252 e. The average Bonchev–Trinajstić information content (AvgIpc) is 3.47. The molecule has 0 radical (unpaired) electrons. The van der Waals surface area contributed by atoms with Crippen molar-refractivity contribution in [2.45, 2.75) is 68.8 Å². The first-order chi connectivity index (χ1) is 16.1. The minimum absolute atomic E-state index is 0.129. The lowest BCUT2D eigenvalue weighted by molar-refractivity contribution is -0.139. The van der Waals surface area contributed by atoms with Crippen LogP contribution in [0.1, 0.15) is 38.8 Å². The van der Waals surface area contributed by atoms with Gasteiger partial charge in [-0.1, -0.05) is 0 Å². The molecule has 2 aliphatic rings. The lowest BCUT2D eigenvalue weighted by Crippen LogP contribution is -2.48. The van der Waals surface area contributed by atoms with E-state index < -0.39 is 36.0 Å². The van der Waals surface area contributed by atoms with E-state index in [2.05, 4.69) is 20.4 Å². The Morgan fingerprint density at radius 2 is 2.00 bits per heavy atom. The van der Waals surface area contributed by atoms with Crippen LogP contribution in [0, 0.1) is 0 Å². The number of nitrogens with two attached hydrogens (primary N) is 1. The van der Waals surface area contributed by atoms with Gasteiger partial charge in [0.05, 0.1) is 16.7 Å². The van der Waals surface area contributed by atoms with Crippen molar-refractivity contribution >= 4 is 22.8 Å². The zero-order chi connectivity index (χ0) is 24.2. The summed E-state index contributed by atoms with van der Waals surface area (Å²) in [5.74, 6) is -0.268. The Labute approximate surface area is 195 Å². The quantitative estimate of drug-likeness (QED) is 0.346. The van der Waals surface area contributed by atoms with Gasteiger partial charge in [-0.25, -0.2) is 9.97 Å². The second-order valence-corrected chi connectivity index (χ2v) is 9.49. The number of fused-ring (bicyclic) bond motifs is 1. The van der Waals surface area contributed by atoms with E-state index >= 15 is 0 Å². The first-order valence-electron chi connectivity index (χ1n) is 11.3. The molecule has 5 rings (SSSR count). The minimum Gasteiger partial charge on any atom is -0.390 e. The van der Waals surface area contributed by atoms with Crippen molar-refractivity contribution in [1.82, 2.24) is 29.6 Å². The highest BCUT2D eigenvalue weighted by Gasteiger charge is 2.48. The normalized spacial score (nSPS) is 31.7. The Kier molecular flexibility index (Phi) is 5.55. The number of amides is 1. The number of carbonyl (C=O) groups excluding carboxylic acids is 1. The highest BCUT2D eigenvalue weighted by atomic mass is 16.6. The fourth-order valence-corrected chi connectivity index (χ4v) is 4.83. The molecule has 12 heteroatoms. The second kappa shape index (κ2) is 8.31. The summed E-state index contributed by atoms with van der Waals surface area (Å²) >= 11 is 0. The fraction of sp³-hybridized carbons (Fsp3) is 0.545. The molecule has 1 saturated carbocycles. The Hall–Kier alpha value is -3.06. The topological polar surface area (TPSA) is 174 Å². The summed E-state index contributed by atoms with van der Waals surface area (Å²) in [5, 5.41) is 39.5. The number of nitrogen functional groups attached to an aromatic ring is 1. The number of aliphatic hydroxyl groups is 3. The lowest BCUT2D eigenvalue weighted by Gasteiger charge is -2.33. The molecular weight excluding hydrogens is 442 g/mol. The van der Waals surface area contributed by atoms with E-state index in [-0.39, 0.29) is 11.9 Å². The number of hydrogen-bond acceptors (Lipinski definition) is 9. The van der Waals surface area contributed by atoms with Crippen molar-refractivity contribution in [3.8, 4) is 11.3 Å². The van der Waals surface area contributed by atoms with Crippen LogP contribution >= 0.6 is 0 Å². The molecule has 1 saturated heterocycles. The van der Waals surface area contributed by atoms with Gasteiger partial charge in [0.15, 0.2) is 12.3 Å². The summed E-state index contributed by atoms with van der Waals surface area (Å²) in [5.41, 5.74) is 7.07. The number of aliphatic hydroxyl groups excluding tert-OH is 2. The van der Waals surface area contributed by atoms with Gasteiger partial charge < -0.3 is 35.7 Å². The number of anilines is 1. The van der Waals surface area contributed by atoms with Crippen molar-refractivity contribution in [2.75, 3.05) is 5.73 Å². The van der Waals surface area contributed by atoms with Crippen LogP contribution in [0.25, 0.3) is 22.3 Å². The molecule has 3 aromatic heterocycles. The molecule has 3 aromatic rings. The predicted octanol–water partition coefficient (Wildman–Crippen LogP) is -0.157. The first-order valence-corrected chi connectivity index (χ1v) is 11.3. The van der Waals surface area contributed by atoms with Gasteiger partial charge in [0.2, 0.25) is 0 Å². The minimum atomic E-state index is -1.44. The highest BCUT2D eigenvalue weighted by molar-refractivity contribution is 5.99. The Morgan fingerprint density at radius 3 is 2.68 bits per heavy atom. The molecule has 1 aliphatic heterocycles. The molecule has 182 valence electrons. The van der Waals surface area contributed by atoms with Crippen LogP contribution in [0.3, 0.4) is 0 Å². The number of nitrogens with zero attached hydrogens (tertiary/aromatic N) is 5. The molecule has 4 heterocycles. The molecule has 1 aliphatic carbocycles. The predicted molar refractivity (Wildman–Crippen MR) is 121 cm³/mol. The average molecular weight is 472 g/mol. The summed E-state index contributed by atoms with van der Waals surface area (Å²) in [6, 6.07) is 1.68. The molecule has 12 nitrogen and oxygen atoms in total. The van der Waals surface area contributed by atoms with Gasteiger partial charge in [0, 0.05) is 31.0 Å². The Bertz CT molecular complexity index is 1210. The van der Waals surface area contributed by atoms with Crippen molar-refractivity contribution < 1.29 is 24.9 Å². The van der Waals surface area contributed by atoms with E-state index in [1.54, 1.807) is 35.6 Å². The molecule has 6 N–H and O–H groups in total. The van der Waals surface area contributed by atoms with Gasteiger partial charge in [-0.3, -0.25) is 9.48 Å². The molecule has 1 amide bonds. The van der Waals surface area contributed by atoms with Gasteiger partial charge in [-0.05, 0) is 38.7 Å². The van der Waals surface area contributed by atoms with Gasteiger partial charge in [0.25, 0.3) is 5.91 Å². The lowest BCUT2D eigenvalue weighted by atomic mass is 9.83. The fourth-order valence-electron chi connectivity index (χ4n) is 4.83. The van der Waals surface area contributed by atoms with Gasteiger partial charge in [-0.2, -0.15) is 5.10 Å².